The minimum Gasteiger partial charge on any atom is -0.464 e. The molecule has 0 atom stereocenters. The maximum Gasteiger partial charge on any atom is 0.367 e. The molecule has 0 aliphatic rings. The van der Waals surface area contributed by atoms with Gasteiger partial charge in [0.1, 0.15) is 0 Å². The number of aryl methyl sites for hydroxylation is 1. The molecular weight excluding hydrogens is 162 g/mol. The van der Waals surface area contributed by atoms with Crippen LogP contribution < -0.4 is 0 Å². The standard InChI is InChI=1S/C7H9NO2S/c1-3-5-4-11-6(8-5)7(9)10-2/h4H,3H2,1-2H3. The summed E-state index contributed by atoms with van der Waals surface area (Å²) >= 11 is 1.32. The predicted molar refractivity (Wildman–Crippen MR) is 42.8 cm³/mol. The number of ether oxygens (including phenoxy) is 1. The van der Waals surface area contributed by atoms with E-state index in [4.69, 9.17) is 0 Å². The normalized spacial score (nSPS) is 9.64. The van der Waals surface area contributed by atoms with Crippen molar-refractivity contribution in [1.82, 2.24) is 4.98 Å². The largest absolute Gasteiger partial charge is 0.464 e. The summed E-state index contributed by atoms with van der Waals surface area (Å²) in [5, 5.41) is 2.30. The molecule has 0 aliphatic carbocycles. The molecule has 0 N–H and O–H groups in total. The molecule has 1 aromatic heterocycles. The second-order valence-electron chi connectivity index (χ2n) is 1.99. The molecule has 60 valence electrons. The third-order valence-electron chi connectivity index (χ3n) is 1.27. The van der Waals surface area contributed by atoms with Crippen molar-refractivity contribution in [3.8, 4) is 0 Å². The van der Waals surface area contributed by atoms with Crippen molar-refractivity contribution in [3.05, 3.63) is 16.1 Å². The van der Waals surface area contributed by atoms with Gasteiger partial charge in [0.2, 0.25) is 5.01 Å². The average molecular weight is 171 g/mol. The van der Waals surface area contributed by atoms with Gasteiger partial charge >= 0.3 is 5.97 Å². The van der Waals surface area contributed by atoms with Crippen LogP contribution in [0.15, 0.2) is 5.38 Å². The van der Waals surface area contributed by atoms with Gasteiger partial charge in [-0.2, -0.15) is 0 Å². The molecule has 11 heavy (non-hydrogen) atoms. The Morgan fingerprint density at radius 1 is 1.82 bits per heavy atom. The van der Waals surface area contributed by atoms with E-state index in [0.29, 0.717) is 5.01 Å². The number of carbonyl (C=O) groups excluding carboxylic acids is 1. The van der Waals surface area contributed by atoms with Crippen LogP contribution in [0, 0.1) is 0 Å². The summed E-state index contributed by atoms with van der Waals surface area (Å²) < 4.78 is 4.50. The first-order chi connectivity index (χ1) is 5.27. The minimum absolute atomic E-state index is 0.352. The van der Waals surface area contributed by atoms with Crippen LogP contribution in [0.3, 0.4) is 0 Å². The second kappa shape index (κ2) is 3.48. The van der Waals surface area contributed by atoms with Gasteiger partial charge in [0.15, 0.2) is 0 Å². The molecule has 0 aromatic carbocycles. The Morgan fingerprint density at radius 3 is 3.00 bits per heavy atom. The zero-order valence-corrected chi connectivity index (χ0v) is 7.27. The monoisotopic (exact) mass is 171 g/mol. The van der Waals surface area contributed by atoms with E-state index in [1.165, 1.54) is 18.4 Å². The van der Waals surface area contributed by atoms with E-state index in [1.54, 1.807) is 0 Å². The van der Waals surface area contributed by atoms with E-state index in [2.05, 4.69) is 9.72 Å². The summed E-state index contributed by atoms with van der Waals surface area (Å²) in [6.45, 7) is 2.00. The maximum atomic E-state index is 10.9. The van der Waals surface area contributed by atoms with Crippen LogP contribution in [0.2, 0.25) is 0 Å². The highest BCUT2D eigenvalue weighted by Gasteiger charge is 2.09. The lowest BCUT2D eigenvalue weighted by Crippen LogP contribution is -2.00. The molecule has 1 heterocycles. The molecule has 0 amide bonds. The Bertz CT molecular complexity index is 257. The van der Waals surface area contributed by atoms with Crippen molar-refractivity contribution in [3.63, 3.8) is 0 Å². The number of aromatic nitrogens is 1. The average Bonchev–Trinajstić information content (AvgIpc) is 2.50. The molecule has 3 nitrogen and oxygen atoms in total. The highest BCUT2D eigenvalue weighted by molar-refractivity contribution is 7.11. The number of hydrogen-bond acceptors (Lipinski definition) is 4. The van der Waals surface area contributed by atoms with Gasteiger partial charge in [-0.05, 0) is 6.42 Å². The lowest BCUT2D eigenvalue weighted by molar-refractivity contribution is 0.0600. The molecule has 0 saturated carbocycles. The molecule has 0 saturated heterocycles. The fourth-order valence-corrected chi connectivity index (χ4v) is 1.47. The molecule has 0 spiro atoms. The van der Waals surface area contributed by atoms with Crippen LogP contribution in [0.4, 0.5) is 0 Å². The molecule has 4 heteroatoms. The lowest BCUT2D eigenvalue weighted by Gasteiger charge is -1.90. The maximum absolute atomic E-state index is 10.9. The highest BCUT2D eigenvalue weighted by atomic mass is 32.1. The topological polar surface area (TPSA) is 39.2 Å². The fraction of sp³-hybridized carbons (Fsp3) is 0.429. The predicted octanol–water partition coefficient (Wildman–Crippen LogP) is 1.49. The first-order valence-corrected chi connectivity index (χ1v) is 4.18. The van der Waals surface area contributed by atoms with Gasteiger partial charge in [-0.1, -0.05) is 6.92 Å². The zero-order valence-electron chi connectivity index (χ0n) is 6.46. The van der Waals surface area contributed by atoms with E-state index in [9.17, 15) is 4.79 Å². The molecule has 0 fully saturated rings. The molecule has 1 aromatic rings. The van der Waals surface area contributed by atoms with E-state index in [0.717, 1.165) is 12.1 Å². The number of nitrogens with zero attached hydrogens (tertiary/aromatic N) is 1. The molecule has 0 radical (unpaired) electrons. The Hall–Kier alpha value is -0.900. The number of methoxy groups -OCH3 is 1. The van der Waals surface area contributed by atoms with Crippen molar-refractivity contribution >= 4 is 17.3 Å². The van der Waals surface area contributed by atoms with Crippen molar-refractivity contribution in [2.24, 2.45) is 0 Å². The minimum atomic E-state index is -0.352. The number of thiazole rings is 1. The summed E-state index contributed by atoms with van der Waals surface area (Å²) in [6, 6.07) is 0. The van der Waals surface area contributed by atoms with Crippen molar-refractivity contribution in [1.29, 1.82) is 0 Å². The van der Waals surface area contributed by atoms with Crippen molar-refractivity contribution in [2.75, 3.05) is 7.11 Å². The van der Waals surface area contributed by atoms with Crippen LogP contribution in [0.5, 0.6) is 0 Å². The van der Waals surface area contributed by atoms with E-state index in [-0.39, 0.29) is 5.97 Å². The van der Waals surface area contributed by atoms with Crippen molar-refractivity contribution in [2.45, 2.75) is 13.3 Å². The molecule has 0 bridgehead atoms. The zero-order chi connectivity index (χ0) is 8.27. The summed E-state index contributed by atoms with van der Waals surface area (Å²) in [5.41, 5.74) is 0.940. The Labute approximate surface area is 69.0 Å². The van der Waals surface area contributed by atoms with Gasteiger partial charge in [0.25, 0.3) is 0 Å². The summed E-state index contributed by atoms with van der Waals surface area (Å²) in [6.07, 6.45) is 0.855. The van der Waals surface area contributed by atoms with Gasteiger partial charge in [-0.15, -0.1) is 11.3 Å². The third-order valence-corrected chi connectivity index (χ3v) is 2.15. The lowest BCUT2D eigenvalue weighted by atomic mass is 10.4. The van der Waals surface area contributed by atoms with Gasteiger partial charge in [-0.25, -0.2) is 9.78 Å². The van der Waals surface area contributed by atoms with Crippen LogP contribution in [-0.4, -0.2) is 18.1 Å². The van der Waals surface area contributed by atoms with E-state index < -0.39 is 0 Å². The van der Waals surface area contributed by atoms with Crippen LogP contribution in [0.1, 0.15) is 22.4 Å². The first-order valence-electron chi connectivity index (χ1n) is 3.30. The number of rotatable bonds is 2. The van der Waals surface area contributed by atoms with Gasteiger partial charge in [0, 0.05) is 5.38 Å². The second-order valence-corrected chi connectivity index (χ2v) is 2.85. The Morgan fingerprint density at radius 2 is 2.55 bits per heavy atom. The summed E-state index contributed by atoms with van der Waals surface area (Å²) in [5.74, 6) is -0.352. The summed E-state index contributed by atoms with van der Waals surface area (Å²) in [7, 11) is 1.36. The van der Waals surface area contributed by atoms with Crippen LogP contribution in [0.25, 0.3) is 0 Å². The number of hydrogen-bond donors (Lipinski definition) is 0. The third kappa shape index (κ3) is 1.77. The van der Waals surface area contributed by atoms with Crippen LogP contribution >= 0.6 is 11.3 Å². The molecule has 0 aliphatic heterocycles. The fourth-order valence-electron chi connectivity index (χ4n) is 0.650. The molecule has 1 rings (SSSR count). The van der Waals surface area contributed by atoms with Crippen molar-refractivity contribution < 1.29 is 9.53 Å². The van der Waals surface area contributed by atoms with Gasteiger partial charge in [-0.3, -0.25) is 0 Å². The van der Waals surface area contributed by atoms with E-state index in [1.807, 2.05) is 12.3 Å². The quantitative estimate of drug-likeness (QED) is 0.633. The number of esters is 1. The SMILES string of the molecule is CCc1csc(C(=O)OC)n1. The van der Waals surface area contributed by atoms with E-state index >= 15 is 0 Å². The molecule has 0 unspecified atom stereocenters. The number of carbonyl (C=O) groups is 1. The van der Waals surface area contributed by atoms with Crippen LogP contribution in [-0.2, 0) is 11.2 Å². The molecular formula is C7H9NO2S. The first kappa shape index (κ1) is 8.20. The Balaban J connectivity index is 2.80. The van der Waals surface area contributed by atoms with Gasteiger partial charge < -0.3 is 4.74 Å². The highest BCUT2D eigenvalue weighted by Crippen LogP contribution is 2.10. The Kier molecular flexibility index (Phi) is 2.59. The smallest absolute Gasteiger partial charge is 0.367 e. The van der Waals surface area contributed by atoms with Gasteiger partial charge in [0.05, 0.1) is 12.8 Å². The summed E-state index contributed by atoms with van der Waals surface area (Å²) in [4.78, 5) is 14.9.